The Morgan fingerprint density at radius 1 is 1.06 bits per heavy atom. The lowest BCUT2D eigenvalue weighted by Gasteiger charge is -2.34. The van der Waals surface area contributed by atoms with Gasteiger partial charge < -0.3 is 39.2 Å². The number of imidazole rings is 1. The summed E-state index contributed by atoms with van der Waals surface area (Å²) < 4.78 is 12.9. The molecule has 2 aliphatic rings. The molecule has 0 aliphatic carbocycles. The van der Waals surface area contributed by atoms with Crippen molar-refractivity contribution < 1.29 is 19.4 Å². The standard InChI is InChI=1S/C38H44N6O5/c1-38(2,3)49-37(47)43-16-8-11-26(23-43)22-39-29-12-7-13-31-32(29)34(45)33(36(46)44(31)24-25-9-5-4-6-10-25)35-40-28-15-14-27(21-30(28)41-35)42-17-19-48-20-18-42/h4-7,9-10,12-15,21,26,39,45H,8,11,16-20,22-24H2,1-3H3,(H,40,41). The van der Waals surface area contributed by atoms with Crippen molar-refractivity contribution in [3.63, 3.8) is 0 Å². The quantitative estimate of drug-likeness (QED) is 0.188. The minimum atomic E-state index is -0.555. The third kappa shape index (κ3) is 6.94. The molecule has 3 N–H and O–H groups in total. The zero-order valence-electron chi connectivity index (χ0n) is 28.4. The van der Waals surface area contributed by atoms with Gasteiger partial charge in [0.1, 0.15) is 22.7 Å². The molecule has 2 fully saturated rings. The summed E-state index contributed by atoms with van der Waals surface area (Å²) in [4.78, 5) is 39.4. The van der Waals surface area contributed by atoms with Gasteiger partial charge in [-0.2, -0.15) is 0 Å². The van der Waals surface area contributed by atoms with E-state index in [2.05, 4.69) is 15.2 Å². The maximum absolute atomic E-state index is 14.4. The predicted molar refractivity (Wildman–Crippen MR) is 193 cm³/mol. The van der Waals surface area contributed by atoms with Crippen LogP contribution in [0.15, 0.2) is 71.5 Å². The number of hydrogen-bond donors (Lipinski definition) is 3. The summed E-state index contributed by atoms with van der Waals surface area (Å²) in [7, 11) is 0. The molecule has 2 aliphatic heterocycles. The van der Waals surface area contributed by atoms with Crippen molar-refractivity contribution in [3.05, 3.63) is 82.6 Å². The van der Waals surface area contributed by atoms with E-state index in [-0.39, 0.29) is 28.9 Å². The molecule has 49 heavy (non-hydrogen) atoms. The highest BCUT2D eigenvalue weighted by atomic mass is 16.6. The van der Waals surface area contributed by atoms with Gasteiger partial charge in [-0.1, -0.05) is 36.4 Å². The summed E-state index contributed by atoms with van der Waals surface area (Å²) in [6.45, 7) is 10.7. The van der Waals surface area contributed by atoms with Gasteiger partial charge in [0.25, 0.3) is 5.56 Å². The highest BCUT2D eigenvalue weighted by Gasteiger charge is 2.28. The van der Waals surface area contributed by atoms with Crippen LogP contribution in [0.5, 0.6) is 5.75 Å². The zero-order valence-corrected chi connectivity index (χ0v) is 28.4. The minimum Gasteiger partial charge on any atom is -0.506 e. The zero-order chi connectivity index (χ0) is 34.1. The van der Waals surface area contributed by atoms with Crippen molar-refractivity contribution in [2.24, 2.45) is 5.92 Å². The van der Waals surface area contributed by atoms with Crippen molar-refractivity contribution in [3.8, 4) is 17.1 Å². The second kappa shape index (κ2) is 13.5. The number of pyridine rings is 1. The number of carbonyl (C=O) groups is 1. The molecule has 11 heteroatoms. The Bertz CT molecular complexity index is 2030. The fourth-order valence-electron chi connectivity index (χ4n) is 6.88. The maximum atomic E-state index is 14.4. The molecule has 1 atom stereocenters. The molecule has 2 saturated heterocycles. The number of anilines is 2. The number of hydrogen-bond acceptors (Lipinski definition) is 8. The number of aromatic amines is 1. The normalized spacial score (nSPS) is 17.1. The fraction of sp³-hybridized carbons (Fsp3) is 0.395. The number of aromatic nitrogens is 3. The monoisotopic (exact) mass is 664 g/mol. The smallest absolute Gasteiger partial charge is 0.410 e. The third-order valence-electron chi connectivity index (χ3n) is 9.28. The van der Waals surface area contributed by atoms with E-state index in [0.717, 1.165) is 42.7 Å². The van der Waals surface area contributed by atoms with Gasteiger partial charge in [0.05, 0.1) is 41.7 Å². The van der Waals surface area contributed by atoms with Crippen LogP contribution in [0.25, 0.3) is 33.3 Å². The number of nitrogens with one attached hydrogen (secondary N) is 2. The van der Waals surface area contributed by atoms with E-state index in [4.69, 9.17) is 14.5 Å². The fourth-order valence-corrected chi connectivity index (χ4v) is 6.88. The van der Waals surface area contributed by atoms with Gasteiger partial charge >= 0.3 is 6.09 Å². The molecule has 1 amide bonds. The van der Waals surface area contributed by atoms with Crippen LogP contribution in [0, 0.1) is 5.92 Å². The van der Waals surface area contributed by atoms with Gasteiger partial charge in [0.2, 0.25) is 0 Å². The Kier molecular flexibility index (Phi) is 8.94. The van der Waals surface area contributed by atoms with E-state index >= 15 is 0 Å². The molecule has 5 aromatic rings. The number of carbonyl (C=O) groups excluding carboxylic acids is 1. The molecule has 11 nitrogen and oxygen atoms in total. The number of amides is 1. The van der Waals surface area contributed by atoms with Gasteiger partial charge in [-0.05, 0) is 75.4 Å². The number of morpholine rings is 1. The molecule has 1 unspecified atom stereocenters. The number of nitrogens with zero attached hydrogens (tertiary/aromatic N) is 4. The third-order valence-corrected chi connectivity index (χ3v) is 9.28. The van der Waals surface area contributed by atoms with Crippen molar-refractivity contribution in [2.75, 3.05) is 56.2 Å². The van der Waals surface area contributed by atoms with Crippen LogP contribution >= 0.6 is 0 Å². The Hall–Kier alpha value is -5.03. The molecule has 2 aromatic heterocycles. The second-order valence-electron chi connectivity index (χ2n) is 14.0. The topological polar surface area (TPSA) is 125 Å². The summed E-state index contributed by atoms with van der Waals surface area (Å²) in [6, 6.07) is 21.5. The number of H-pyrrole nitrogens is 1. The van der Waals surface area contributed by atoms with Crippen molar-refractivity contribution in [1.29, 1.82) is 0 Å². The van der Waals surface area contributed by atoms with Crippen molar-refractivity contribution in [1.82, 2.24) is 19.4 Å². The van der Waals surface area contributed by atoms with Gasteiger partial charge in [-0.15, -0.1) is 0 Å². The van der Waals surface area contributed by atoms with Gasteiger partial charge in [0, 0.05) is 44.1 Å². The molecular weight excluding hydrogens is 620 g/mol. The minimum absolute atomic E-state index is 0.121. The maximum Gasteiger partial charge on any atom is 0.410 e. The molecule has 7 rings (SSSR count). The Morgan fingerprint density at radius 3 is 2.63 bits per heavy atom. The molecule has 4 heterocycles. The van der Waals surface area contributed by atoms with Crippen molar-refractivity contribution >= 4 is 39.4 Å². The Labute approximate surface area is 285 Å². The van der Waals surface area contributed by atoms with Gasteiger partial charge in [-0.25, -0.2) is 9.78 Å². The van der Waals surface area contributed by atoms with E-state index in [1.807, 2.05) is 87.5 Å². The first-order valence-corrected chi connectivity index (χ1v) is 17.1. The molecule has 256 valence electrons. The number of likely N-dealkylation sites (tertiary alicyclic amines) is 1. The number of aromatic hydroxyl groups is 1. The molecule has 0 saturated carbocycles. The Balaban J connectivity index is 1.26. The molecule has 0 spiro atoms. The average molecular weight is 665 g/mol. The molecular formula is C38H44N6O5. The van der Waals surface area contributed by atoms with Crippen LogP contribution < -0.4 is 15.8 Å². The van der Waals surface area contributed by atoms with Gasteiger partial charge in [-0.3, -0.25) is 4.79 Å². The second-order valence-corrected chi connectivity index (χ2v) is 14.0. The van der Waals surface area contributed by atoms with Crippen LogP contribution in [-0.2, 0) is 16.0 Å². The highest BCUT2D eigenvalue weighted by Crippen LogP contribution is 2.38. The van der Waals surface area contributed by atoms with E-state index in [1.165, 1.54) is 0 Å². The molecule has 0 radical (unpaired) electrons. The first kappa shape index (κ1) is 32.5. The average Bonchev–Trinajstić information content (AvgIpc) is 3.52. The number of fused-ring (bicyclic) bond motifs is 2. The summed E-state index contributed by atoms with van der Waals surface area (Å²) >= 11 is 0. The molecule has 3 aromatic carbocycles. The Morgan fingerprint density at radius 2 is 1.86 bits per heavy atom. The number of benzene rings is 3. The largest absolute Gasteiger partial charge is 0.506 e. The van der Waals surface area contributed by atoms with E-state index in [0.29, 0.717) is 67.3 Å². The van der Waals surface area contributed by atoms with E-state index in [9.17, 15) is 14.7 Å². The van der Waals surface area contributed by atoms with E-state index in [1.54, 1.807) is 9.47 Å². The van der Waals surface area contributed by atoms with Crippen LogP contribution in [0.2, 0.25) is 0 Å². The van der Waals surface area contributed by atoms with E-state index < -0.39 is 5.60 Å². The van der Waals surface area contributed by atoms with Gasteiger partial charge in [0.15, 0.2) is 0 Å². The molecule has 0 bridgehead atoms. The predicted octanol–water partition coefficient (Wildman–Crippen LogP) is 6.19. The van der Waals surface area contributed by atoms with Crippen molar-refractivity contribution in [2.45, 2.75) is 45.8 Å². The van der Waals surface area contributed by atoms with Crippen LogP contribution in [0.4, 0.5) is 16.2 Å². The van der Waals surface area contributed by atoms with Crippen LogP contribution in [-0.4, -0.2) is 82.2 Å². The lowest BCUT2D eigenvalue weighted by atomic mass is 9.98. The number of rotatable bonds is 7. The number of piperidine rings is 1. The van der Waals surface area contributed by atoms with Crippen LogP contribution in [0.1, 0.15) is 39.2 Å². The highest BCUT2D eigenvalue weighted by molar-refractivity contribution is 6.01. The SMILES string of the molecule is CC(C)(C)OC(=O)N1CCCC(CNc2cccc3c2c(O)c(-c2nc4ccc(N5CCOCC5)cc4[nH]2)c(=O)n3Cc2ccccc2)C1. The number of ether oxygens (including phenoxy) is 2. The first-order valence-electron chi connectivity index (χ1n) is 17.1. The lowest BCUT2D eigenvalue weighted by molar-refractivity contribution is 0.0172. The summed E-state index contributed by atoms with van der Waals surface area (Å²) in [5.41, 5.74) is 4.06. The lowest BCUT2D eigenvalue weighted by Crippen LogP contribution is -2.44. The van der Waals surface area contributed by atoms with Crippen LogP contribution in [0.3, 0.4) is 0 Å². The summed E-state index contributed by atoms with van der Waals surface area (Å²) in [6.07, 6.45) is 1.54. The first-order chi connectivity index (χ1) is 23.6. The summed E-state index contributed by atoms with van der Waals surface area (Å²) in [5.74, 6) is 0.374. The summed E-state index contributed by atoms with van der Waals surface area (Å²) in [5, 5.41) is 16.1.